The van der Waals surface area contributed by atoms with E-state index in [0.717, 1.165) is 15.0 Å². The van der Waals surface area contributed by atoms with E-state index in [9.17, 15) is 0 Å². The maximum atomic E-state index is 5.95. The number of hydrogen-bond donors (Lipinski definition) is 2. The second-order valence-corrected chi connectivity index (χ2v) is 6.51. The van der Waals surface area contributed by atoms with E-state index in [1.807, 2.05) is 32.0 Å². The van der Waals surface area contributed by atoms with Gasteiger partial charge in [0.15, 0.2) is 0 Å². The Labute approximate surface area is 127 Å². The van der Waals surface area contributed by atoms with Crippen molar-refractivity contribution in [1.29, 1.82) is 0 Å². The standard InChI is InChI=1S/C14H18ClN3OS/c1-8(2)19-14-10(16)4-7-13(18-14)17-9(3)11-5-6-12(15)20-11/h4-9H,16H2,1-3H3,(H,17,18). The average molecular weight is 312 g/mol. The van der Waals surface area contributed by atoms with Crippen LogP contribution >= 0.6 is 22.9 Å². The first kappa shape index (κ1) is 14.9. The Kier molecular flexibility index (Phi) is 4.73. The summed E-state index contributed by atoms with van der Waals surface area (Å²) in [6.45, 7) is 5.94. The number of nitrogens with two attached hydrogens (primary N) is 1. The molecule has 0 aliphatic carbocycles. The van der Waals surface area contributed by atoms with Crippen molar-refractivity contribution in [3.63, 3.8) is 0 Å². The van der Waals surface area contributed by atoms with Crippen LogP contribution in [0.25, 0.3) is 0 Å². The topological polar surface area (TPSA) is 60.2 Å². The summed E-state index contributed by atoms with van der Waals surface area (Å²) in [5.41, 5.74) is 6.39. The zero-order valence-corrected chi connectivity index (χ0v) is 13.3. The molecule has 1 unspecified atom stereocenters. The predicted molar refractivity (Wildman–Crippen MR) is 85.8 cm³/mol. The molecule has 0 fully saturated rings. The van der Waals surface area contributed by atoms with Gasteiger partial charge in [-0.25, -0.2) is 0 Å². The molecule has 2 aromatic rings. The highest BCUT2D eigenvalue weighted by Crippen LogP contribution is 2.29. The summed E-state index contributed by atoms with van der Waals surface area (Å²) in [6, 6.07) is 7.65. The SMILES string of the molecule is CC(C)Oc1nc(NC(C)c2ccc(Cl)s2)ccc1N. The summed E-state index contributed by atoms with van der Waals surface area (Å²) in [6.07, 6.45) is 0.0357. The molecule has 2 rings (SSSR count). The van der Waals surface area contributed by atoms with Crippen molar-refractivity contribution in [3.05, 3.63) is 33.5 Å². The van der Waals surface area contributed by atoms with Crippen molar-refractivity contribution in [1.82, 2.24) is 4.98 Å². The Balaban J connectivity index is 2.13. The second kappa shape index (κ2) is 6.33. The number of pyridine rings is 1. The van der Waals surface area contributed by atoms with Gasteiger partial charge >= 0.3 is 0 Å². The molecule has 20 heavy (non-hydrogen) atoms. The third-order valence-corrected chi connectivity index (χ3v) is 4.04. The number of rotatable bonds is 5. The zero-order valence-electron chi connectivity index (χ0n) is 11.7. The van der Waals surface area contributed by atoms with Crippen LogP contribution in [0.3, 0.4) is 0 Å². The molecule has 6 heteroatoms. The van der Waals surface area contributed by atoms with E-state index in [1.54, 1.807) is 17.4 Å². The number of thiophene rings is 1. The number of hydrogen-bond acceptors (Lipinski definition) is 5. The summed E-state index contributed by atoms with van der Waals surface area (Å²) in [5.74, 6) is 1.19. The van der Waals surface area contributed by atoms with Crippen LogP contribution in [0.4, 0.5) is 11.5 Å². The summed E-state index contributed by atoms with van der Waals surface area (Å²) >= 11 is 7.50. The van der Waals surface area contributed by atoms with Crippen LogP contribution in [0.1, 0.15) is 31.7 Å². The van der Waals surface area contributed by atoms with Gasteiger partial charge in [0, 0.05) is 4.88 Å². The maximum absolute atomic E-state index is 5.95. The number of nitrogens with zero attached hydrogens (tertiary/aromatic N) is 1. The molecule has 3 N–H and O–H groups in total. The third kappa shape index (κ3) is 3.77. The van der Waals surface area contributed by atoms with Crippen LogP contribution < -0.4 is 15.8 Å². The van der Waals surface area contributed by atoms with Gasteiger partial charge in [-0.3, -0.25) is 0 Å². The molecular weight excluding hydrogens is 294 g/mol. The molecule has 0 radical (unpaired) electrons. The van der Waals surface area contributed by atoms with Crippen molar-refractivity contribution >= 4 is 34.4 Å². The zero-order chi connectivity index (χ0) is 14.7. The molecule has 108 valence electrons. The molecule has 0 aliphatic heterocycles. The number of nitrogens with one attached hydrogen (secondary N) is 1. The average Bonchev–Trinajstić information content (AvgIpc) is 2.79. The van der Waals surface area contributed by atoms with Crippen molar-refractivity contribution < 1.29 is 4.74 Å². The second-order valence-electron chi connectivity index (χ2n) is 4.77. The summed E-state index contributed by atoms with van der Waals surface area (Å²) in [4.78, 5) is 5.55. The predicted octanol–water partition coefficient (Wildman–Crippen LogP) is 4.34. The largest absolute Gasteiger partial charge is 0.473 e. The van der Waals surface area contributed by atoms with E-state index < -0.39 is 0 Å². The Morgan fingerprint density at radius 2 is 2.00 bits per heavy atom. The molecule has 0 amide bonds. The Morgan fingerprint density at radius 1 is 1.25 bits per heavy atom. The molecular formula is C14H18ClN3OS. The quantitative estimate of drug-likeness (QED) is 0.862. The van der Waals surface area contributed by atoms with E-state index in [1.165, 1.54) is 0 Å². The molecule has 2 heterocycles. The monoisotopic (exact) mass is 311 g/mol. The van der Waals surface area contributed by atoms with Crippen LogP contribution in [0, 0.1) is 0 Å². The van der Waals surface area contributed by atoms with Gasteiger partial charge in [0.25, 0.3) is 0 Å². The third-order valence-electron chi connectivity index (χ3n) is 2.62. The fourth-order valence-corrected chi connectivity index (χ4v) is 2.77. The first-order valence-electron chi connectivity index (χ1n) is 6.40. The lowest BCUT2D eigenvalue weighted by Gasteiger charge is -2.16. The number of aromatic nitrogens is 1. The fraction of sp³-hybridized carbons (Fsp3) is 0.357. The van der Waals surface area contributed by atoms with E-state index in [0.29, 0.717) is 11.6 Å². The minimum atomic E-state index is 0.0357. The normalized spacial score (nSPS) is 12.4. The highest BCUT2D eigenvalue weighted by atomic mass is 35.5. The lowest BCUT2D eigenvalue weighted by Crippen LogP contribution is -2.11. The highest BCUT2D eigenvalue weighted by molar-refractivity contribution is 7.16. The first-order chi connectivity index (χ1) is 9.45. The Morgan fingerprint density at radius 3 is 2.60 bits per heavy atom. The van der Waals surface area contributed by atoms with E-state index in [2.05, 4.69) is 17.2 Å². The van der Waals surface area contributed by atoms with E-state index in [-0.39, 0.29) is 12.1 Å². The van der Waals surface area contributed by atoms with Crippen molar-refractivity contribution in [2.24, 2.45) is 0 Å². The smallest absolute Gasteiger partial charge is 0.239 e. The van der Waals surface area contributed by atoms with E-state index in [4.69, 9.17) is 22.1 Å². The maximum Gasteiger partial charge on any atom is 0.239 e. The molecule has 1 atom stereocenters. The van der Waals surface area contributed by atoms with Crippen LogP contribution in [0.15, 0.2) is 24.3 Å². The molecule has 0 aliphatic rings. The molecule has 2 aromatic heterocycles. The van der Waals surface area contributed by atoms with Crippen molar-refractivity contribution in [2.75, 3.05) is 11.1 Å². The highest BCUT2D eigenvalue weighted by Gasteiger charge is 2.11. The van der Waals surface area contributed by atoms with Gasteiger partial charge in [0.1, 0.15) is 5.82 Å². The van der Waals surface area contributed by atoms with Crippen LogP contribution in [-0.4, -0.2) is 11.1 Å². The summed E-state index contributed by atoms with van der Waals surface area (Å²) in [7, 11) is 0. The molecule has 0 aromatic carbocycles. The Hall–Kier alpha value is -1.46. The minimum Gasteiger partial charge on any atom is -0.473 e. The van der Waals surface area contributed by atoms with Crippen LogP contribution in [0.2, 0.25) is 4.34 Å². The van der Waals surface area contributed by atoms with Crippen molar-refractivity contribution in [3.8, 4) is 5.88 Å². The van der Waals surface area contributed by atoms with Gasteiger partial charge in [0.2, 0.25) is 5.88 Å². The lowest BCUT2D eigenvalue weighted by molar-refractivity contribution is 0.234. The lowest BCUT2D eigenvalue weighted by atomic mass is 10.2. The van der Waals surface area contributed by atoms with Gasteiger partial charge in [0.05, 0.1) is 22.2 Å². The van der Waals surface area contributed by atoms with E-state index >= 15 is 0 Å². The molecule has 0 saturated carbocycles. The van der Waals surface area contributed by atoms with Gasteiger partial charge in [-0.15, -0.1) is 11.3 Å². The fourth-order valence-electron chi connectivity index (χ4n) is 1.70. The molecule has 0 spiro atoms. The van der Waals surface area contributed by atoms with Gasteiger partial charge in [-0.05, 0) is 45.0 Å². The number of anilines is 2. The summed E-state index contributed by atoms with van der Waals surface area (Å²) < 4.78 is 6.36. The number of nitrogen functional groups attached to an aromatic ring is 1. The van der Waals surface area contributed by atoms with Crippen LogP contribution in [-0.2, 0) is 0 Å². The molecule has 0 bridgehead atoms. The van der Waals surface area contributed by atoms with Gasteiger partial charge in [-0.2, -0.15) is 4.98 Å². The molecule has 0 saturated heterocycles. The molecule has 4 nitrogen and oxygen atoms in total. The van der Waals surface area contributed by atoms with Gasteiger partial charge < -0.3 is 15.8 Å². The summed E-state index contributed by atoms with van der Waals surface area (Å²) in [5, 5.41) is 3.32. The first-order valence-corrected chi connectivity index (χ1v) is 7.60. The number of ether oxygens (including phenoxy) is 1. The van der Waals surface area contributed by atoms with Crippen molar-refractivity contribution in [2.45, 2.75) is 32.9 Å². The van der Waals surface area contributed by atoms with Crippen LogP contribution in [0.5, 0.6) is 5.88 Å². The number of halogens is 1. The Bertz CT molecular complexity index is 586. The van der Waals surface area contributed by atoms with Gasteiger partial charge in [-0.1, -0.05) is 11.6 Å². The minimum absolute atomic E-state index is 0.0357.